The first-order valence-electron chi connectivity index (χ1n) is 8.32. The van der Waals surface area contributed by atoms with Gasteiger partial charge in [0.2, 0.25) is 0 Å². The van der Waals surface area contributed by atoms with Gasteiger partial charge >= 0.3 is 0 Å². The molecule has 3 aromatic carbocycles. The van der Waals surface area contributed by atoms with Crippen molar-refractivity contribution >= 4 is 15.9 Å². The van der Waals surface area contributed by atoms with Crippen LogP contribution in [0.25, 0.3) is 11.1 Å². The average molecular weight is 379 g/mol. The van der Waals surface area contributed by atoms with Crippen molar-refractivity contribution in [1.29, 1.82) is 0 Å². The molecule has 0 fully saturated rings. The van der Waals surface area contributed by atoms with Crippen molar-refractivity contribution < 1.29 is 5.11 Å². The van der Waals surface area contributed by atoms with Crippen molar-refractivity contribution in [2.75, 3.05) is 0 Å². The predicted molar refractivity (Wildman–Crippen MR) is 102 cm³/mol. The van der Waals surface area contributed by atoms with Gasteiger partial charge in [-0.15, -0.1) is 0 Å². The van der Waals surface area contributed by atoms with Gasteiger partial charge in [-0.3, -0.25) is 0 Å². The normalized spacial score (nSPS) is 19.8. The number of fused-ring (bicyclic) bond motifs is 1. The van der Waals surface area contributed by atoms with Crippen LogP contribution in [0.4, 0.5) is 0 Å². The highest BCUT2D eigenvalue weighted by Crippen LogP contribution is 2.38. The van der Waals surface area contributed by atoms with Crippen molar-refractivity contribution in [2.24, 2.45) is 0 Å². The Labute approximate surface area is 151 Å². The summed E-state index contributed by atoms with van der Waals surface area (Å²) in [5.41, 5.74) is 6.13. The van der Waals surface area contributed by atoms with Crippen LogP contribution in [0.1, 0.15) is 35.1 Å². The molecule has 24 heavy (non-hydrogen) atoms. The second-order valence-electron chi connectivity index (χ2n) is 6.48. The Morgan fingerprint density at radius 3 is 2.12 bits per heavy atom. The molecule has 3 aromatic rings. The van der Waals surface area contributed by atoms with Gasteiger partial charge in [0.15, 0.2) is 0 Å². The Bertz CT molecular complexity index is 837. The molecule has 0 aliphatic heterocycles. The summed E-state index contributed by atoms with van der Waals surface area (Å²) < 4.78 is 1.10. The third-order valence-corrected chi connectivity index (χ3v) is 5.48. The number of hydrogen-bond donors (Lipinski definition) is 1. The molecule has 0 amide bonds. The van der Waals surface area contributed by atoms with Crippen molar-refractivity contribution in [3.8, 4) is 11.1 Å². The standard InChI is InChI=1S/C22H19BrO/c23-20-11-9-16(10-12-20)15-5-7-17(8-6-15)19-13-18-3-1-2-4-21(18)22(24)14-19/h1-12,19,22,24H,13-14H2/t19-,22-/m1/s1. The van der Waals surface area contributed by atoms with Gasteiger partial charge in [0.25, 0.3) is 0 Å². The molecule has 0 aromatic heterocycles. The van der Waals surface area contributed by atoms with Gasteiger partial charge in [0.1, 0.15) is 0 Å². The van der Waals surface area contributed by atoms with Gasteiger partial charge in [-0.05, 0) is 58.7 Å². The smallest absolute Gasteiger partial charge is 0.0798 e. The first-order valence-corrected chi connectivity index (χ1v) is 9.12. The molecule has 1 aliphatic rings. The quantitative estimate of drug-likeness (QED) is 0.590. The maximum atomic E-state index is 10.4. The van der Waals surface area contributed by atoms with Crippen LogP contribution in [0, 0.1) is 0 Å². The molecule has 0 unspecified atom stereocenters. The lowest BCUT2D eigenvalue weighted by molar-refractivity contribution is 0.147. The van der Waals surface area contributed by atoms with E-state index in [1.807, 2.05) is 12.1 Å². The summed E-state index contributed by atoms with van der Waals surface area (Å²) in [5.74, 6) is 0.383. The molecule has 1 nitrogen and oxygen atoms in total. The molecule has 0 heterocycles. The Kier molecular flexibility index (Phi) is 4.26. The zero-order valence-electron chi connectivity index (χ0n) is 13.3. The molecule has 1 aliphatic carbocycles. The zero-order chi connectivity index (χ0) is 16.5. The summed E-state index contributed by atoms with van der Waals surface area (Å²) in [7, 11) is 0. The maximum Gasteiger partial charge on any atom is 0.0798 e. The fourth-order valence-electron chi connectivity index (χ4n) is 3.63. The number of halogens is 1. The van der Waals surface area contributed by atoms with E-state index in [0.717, 1.165) is 22.9 Å². The minimum atomic E-state index is -0.355. The second kappa shape index (κ2) is 6.54. The summed E-state index contributed by atoms with van der Waals surface area (Å²) >= 11 is 3.48. The predicted octanol–water partition coefficient (Wildman–Crippen LogP) is 5.88. The topological polar surface area (TPSA) is 20.2 Å². The van der Waals surface area contributed by atoms with Crippen LogP contribution in [-0.2, 0) is 6.42 Å². The highest BCUT2D eigenvalue weighted by molar-refractivity contribution is 9.10. The van der Waals surface area contributed by atoms with E-state index in [9.17, 15) is 5.11 Å². The van der Waals surface area contributed by atoms with Gasteiger partial charge in [0.05, 0.1) is 6.10 Å². The first-order chi connectivity index (χ1) is 11.7. The highest BCUT2D eigenvalue weighted by atomic mass is 79.9. The molecule has 4 rings (SSSR count). The fourth-order valence-corrected chi connectivity index (χ4v) is 3.90. The molecule has 0 bridgehead atoms. The van der Waals surface area contributed by atoms with Crippen LogP contribution < -0.4 is 0 Å². The molecule has 0 saturated carbocycles. The fraction of sp³-hybridized carbons (Fsp3) is 0.182. The van der Waals surface area contributed by atoms with Crippen LogP contribution in [0.5, 0.6) is 0 Å². The third-order valence-electron chi connectivity index (χ3n) is 4.95. The summed E-state index contributed by atoms with van der Waals surface area (Å²) in [6, 6.07) is 25.4. The minimum Gasteiger partial charge on any atom is -0.388 e. The monoisotopic (exact) mass is 378 g/mol. The second-order valence-corrected chi connectivity index (χ2v) is 7.40. The number of rotatable bonds is 2. The van der Waals surface area contributed by atoms with Crippen LogP contribution in [0.3, 0.4) is 0 Å². The van der Waals surface area contributed by atoms with Crippen molar-refractivity contribution in [1.82, 2.24) is 0 Å². The number of benzene rings is 3. The molecule has 0 spiro atoms. The third kappa shape index (κ3) is 3.04. The lowest BCUT2D eigenvalue weighted by Gasteiger charge is -2.29. The zero-order valence-corrected chi connectivity index (χ0v) is 14.9. The molecule has 2 atom stereocenters. The Morgan fingerprint density at radius 1 is 0.792 bits per heavy atom. The number of aliphatic hydroxyl groups excluding tert-OH is 1. The van der Waals surface area contributed by atoms with Crippen molar-refractivity contribution in [3.63, 3.8) is 0 Å². The largest absolute Gasteiger partial charge is 0.388 e. The Balaban J connectivity index is 1.59. The first kappa shape index (κ1) is 15.6. The number of hydrogen-bond acceptors (Lipinski definition) is 1. The van der Waals surface area contributed by atoms with Gasteiger partial charge < -0.3 is 5.11 Å². The van der Waals surface area contributed by atoms with Crippen LogP contribution in [-0.4, -0.2) is 5.11 Å². The molecule has 1 N–H and O–H groups in total. The van der Waals surface area contributed by atoms with E-state index in [4.69, 9.17) is 0 Å². The summed E-state index contributed by atoms with van der Waals surface area (Å²) in [6.07, 6.45) is 1.45. The Hall–Kier alpha value is -1.90. The lowest BCUT2D eigenvalue weighted by atomic mass is 9.78. The number of aliphatic hydroxyl groups is 1. The summed E-state index contributed by atoms with van der Waals surface area (Å²) in [4.78, 5) is 0. The van der Waals surface area contributed by atoms with Gasteiger partial charge in [0, 0.05) is 4.47 Å². The van der Waals surface area contributed by atoms with Crippen LogP contribution in [0.2, 0.25) is 0 Å². The van der Waals surface area contributed by atoms with Crippen molar-refractivity contribution in [2.45, 2.75) is 24.9 Å². The van der Waals surface area contributed by atoms with E-state index in [-0.39, 0.29) is 6.10 Å². The van der Waals surface area contributed by atoms with E-state index >= 15 is 0 Å². The molecule has 2 heteroatoms. The van der Waals surface area contributed by atoms with Crippen molar-refractivity contribution in [3.05, 3.63) is 94.0 Å². The van der Waals surface area contributed by atoms with E-state index in [1.165, 1.54) is 22.3 Å². The van der Waals surface area contributed by atoms with Gasteiger partial charge in [-0.25, -0.2) is 0 Å². The lowest BCUT2D eigenvalue weighted by Crippen LogP contribution is -2.17. The molecule has 120 valence electrons. The minimum absolute atomic E-state index is 0.355. The van der Waals surface area contributed by atoms with E-state index < -0.39 is 0 Å². The van der Waals surface area contributed by atoms with E-state index in [0.29, 0.717) is 5.92 Å². The van der Waals surface area contributed by atoms with E-state index in [2.05, 4.69) is 76.6 Å². The average Bonchev–Trinajstić information content (AvgIpc) is 2.62. The summed E-state index contributed by atoms with van der Waals surface area (Å²) in [5, 5.41) is 10.4. The van der Waals surface area contributed by atoms with Gasteiger partial charge in [-0.1, -0.05) is 76.6 Å². The maximum absolute atomic E-state index is 10.4. The molecule has 0 radical (unpaired) electrons. The highest BCUT2D eigenvalue weighted by Gasteiger charge is 2.26. The van der Waals surface area contributed by atoms with Gasteiger partial charge in [-0.2, -0.15) is 0 Å². The molecular weight excluding hydrogens is 360 g/mol. The molecular formula is C22H19BrO. The molecule has 0 saturated heterocycles. The van der Waals surface area contributed by atoms with E-state index in [1.54, 1.807) is 0 Å². The SMILES string of the molecule is O[C@@H]1C[C@H](c2ccc(-c3ccc(Br)cc3)cc2)Cc2ccccc21. The van der Waals surface area contributed by atoms with Crippen LogP contribution >= 0.6 is 15.9 Å². The Morgan fingerprint density at radius 2 is 1.42 bits per heavy atom. The van der Waals surface area contributed by atoms with Crippen LogP contribution in [0.15, 0.2) is 77.3 Å². The summed E-state index contributed by atoms with van der Waals surface area (Å²) in [6.45, 7) is 0.